The first-order valence-electron chi connectivity index (χ1n) is 25.3. The van der Waals surface area contributed by atoms with Gasteiger partial charge in [-0.1, -0.05) is 240 Å². The first-order chi connectivity index (χ1) is 27.8. The molecule has 0 aliphatic rings. The van der Waals surface area contributed by atoms with Crippen LogP contribution in [-0.2, 0) is 28.6 Å². The molecule has 0 saturated carbocycles. The monoisotopic (exact) mass is 807 g/mol. The van der Waals surface area contributed by atoms with Crippen molar-refractivity contribution >= 4 is 17.9 Å². The fourth-order valence-electron chi connectivity index (χ4n) is 7.60. The Morgan fingerprint density at radius 3 is 1.00 bits per heavy atom. The number of unbranched alkanes of at least 4 members (excludes halogenated alkanes) is 29. The number of carbonyl (C=O) groups excluding carboxylic acids is 3. The molecule has 0 bridgehead atoms. The van der Waals surface area contributed by atoms with Crippen molar-refractivity contribution in [1.29, 1.82) is 0 Å². The summed E-state index contributed by atoms with van der Waals surface area (Å²) in [7, 11) is 0. The summed E-state index contributed by atoms with van der Waals surface area (Å²) in [5.74, 6) is 0.770. The van der Waals surface area contributed by atoms with Gasteiger partial charge in [0.15, 0.2) is 6.10 Å². The lowest BCUT2D eigenvalue weighted by Crippen LogP contribution is -2.30. The van der Waals surface area contributed by atoms with E-state index in [1.165, 1.54) is 167 Å². The van der Waals surface area contributed by atoms with Crippen LogP contribution in [0.15, 0.2) is 0 Å². The third-order valence-corrected chi connectivity index (χ3v) is 11.8. The zero-order chi connectivity index (χ0) is 41.9. The number of hydrogen-bond donors (Lipinski definition) is 0. The molecule has 0 spiro atoms. The van der Waals surface area contributed by atoms with Crippen molar-refractivity contribution in [2.75, 3.05) is 13.2 Å². The standard InChI is InChI=1S/C51H98O6/c1-6-8-9-10-11-12-13-14-15-16-17-18-19-20-26-31-36-41-49(52)55-44-48(57-51(54)43-38-33-28-23-24-29-34-39-46(3)4)45-56-50(53)42-37-32-27-22-21-25-30-35-40-47(5)7-2/h46-48H,6-45H2,1-5H3/t47?,48-/m0/s1. The lowest BCUT2D eigenvalue weighted by atomic mass is 9.99. The molecule has 1 unspecified atom stereocenters. The number of carbonyl (C=O) groups is 3. The van der Waals surface area contributed by atoms with Crippen LogP contribution in [0.4, 0.5) is 0 Å². The Bertz CT molecular complexity index is 872. The molecular formula is C51H98O6. The predicted molar refractivity (Wildman–Crippen MR) is 243 cm³/mol. The van der Waals surface area contributed by atoms with Crippen molar-refractivity contribution in [3.8, 4) is 0 Å². The van der Waals surface area contributed by atoms with Gasteiger partial charge in [0.25, 0.3) is 0 Å². The SMILES string of the molecule is CCCCCCCCCCCCCCCCCCCC(=O)OC[C@@H](COC(=O)CCCCCCCCCCC(C)CC)OC(=O)CCCCCCCCCC(C)C. The van der Waals surface area contributed by atoms with Crippen molar-refractivity contribution in [3.05, 3.63) is 0 Å². The molecule has 0 saturated heterocycles. The van der Waals surface area contributed by atoms with Crippen LogP contribution in [0.1, 0.15) is 279 Å². The average Bonchev–Trinajstić information content (AvgIpc) is 3.19. The molecule has 0 amide bonds. The minimum Gasteiger partial charge on any atom is -0.462 e. The van der Waals surface area contributed by atoms with Crippen LogP contribution >= 0.6 is 0 Å². The van der Waals surface area contributed by atoms with Crippen LogP contribution in [0.25, 0.3) is 0 Å². The number of esters is 3. The van der Waals surface area contributed by atoms with Gasteiger partial charge in [0.2, 0.25) is 0 Å². The van der Waals surface area contributed by atoms with Gasteiger partial charge in [-0.15, -0.1) is 0 Å². The third-order valence-electron chi connectivity index (χ3n) is 11.8. The predicted octanol–water partition coefficient (Wildman–Crippen LogP) is 16.1. The molecular weight excluding hydrogens is 709 g/mol. The Hall–Kier alpha value is -1.59. The lowest BCUT2D eigenvalue weighted by Gasteiger charge is -2.18. The van der Waals surface area contributed by atoms with Crippen molar-refractivity contribution in [2.24, 2.45) is 11.8 Å². The Morgan fingerprint density at radius 1 is 0.368 bits per heavy atom. The van der Waals surface area contributed by atoms with E-state index in [0.717, 1.165) is 69.6 Å². The van der Waals surface area contributed by atoms with Crippen LogP contribution in [0.5, 0.6) is 0 Å². The fourth-order valence-corrected chi connectivity index (χ4v) is 7.60. The molecule has 0 heterocycles. The Kier molecular flexibility index (Phi) is 42.7. The highest BCUT2D eigenvalue weighted by Gasteiger charge is 2.19. The molecule has 0 radical (unpaired) electrons. The van der Waals surface area contributed by atoms with Crippen molar-refractivity contribution in [3.63, 3.8) is 0 Å². The summed E-state index contributed by atoms with van der Waals surface area (Å²) >= 11 is 0. The van der Waals surface area contributed by atoms with Crippen LogP contribution in [-0.4, -0.2) is 37.2 Å². The normalized spacial score (nSPS) is 12.5. The molecule has 0 aliphatic carbocycles. The maximum atomic E-state index is 12.7. The van der Waals surface area contributed by atoms with Gasteiger partial charge < -0.3 is 14.2 Å². The van der Waals surface area contributed by atoms with Gasteiger partial charge in [0, 0.05) is 19.3 Å². The van der Waals surface area contributed by atoms with Crippen LogP contribution < -0.4 is 0 Å². The van der Waals surface area contributed by atoms with E-state index in [2.05, 4.69) is 34.6 Å². The lowest BCUT2D eigenvalue weighted by molar-refractivity contribution is -0.167. The molecule has 57 heavy (non-hydrogen) atoms. The third kappa shape index (κ3) is 43.8. The highest BCUT2D eigenvalue weighted by molar-refractivity contribution is 5.71. The molecule has 6 heteroatoms. The topological polar surface area (TPSA) is 78.9 Å². The smallest absolute Gasteiger partial charge is 0.306 e. The Labute approximate surface area is 355 Å². The molecule has 0 aromatic rings. The molecule has 0 aliphatic heterocycles. The van der Waals surface area contributed by atoms with Gasteiger partial charge in [0.05, 0.1) is 0 Å². The van der Waals surface area contributed by atoms with Gasteiger partial charge in [-0.05, 0) is 31.1 Å². The summed E-state index contributed by atoms with van der Waals surface area (Å²) in [4.78, 5) is 37.8. The number of ether oxygens (including phenoxy) is 3. The number of hydrogen-bond acceptors (Lipinski definition) is 6. The largest absolute Gasteiger partial charge is 0.462 e. The molecule has 2 atom stereocenters. The van der Waals surface area contributed by atoms with E-state index >= 15 is 0 Å². The number of rotatable bonds is 45. The molecule has 0 aromatic carbocycles. The maximum absolute atomic E-state index is 12.7. The molecule has 0 aromatic heterocycles. The molecule has 338 valence electrons. The van der Waals surface area contributed by atoms with E-state index in [1.54, 1.807) is 0 Å². The average molecular weight is 807 g/mol. The van der Waals surface area contributed by atoms with Gasteiger partial charge in [0.1, 0.15) is 13.2 Å². The van der Waals surface area contributed by atoms with Crippen LogP contribution in [0.3, 0.4) is 0 Å². The molecule has 0 rings (SSSR count). The van der Waals surface area contributed by atoms with Gasteiger partial charge in [-0.3, -0.25) is 14.4 Å². The zero-order valence-corrected chi connectivity index (χ0v) is 39.0. The van der Waals surface area contributed by atoms with E-state index in [4.69, 9.17) is 14.2 Å². The van der Waals surface area contributed by atoms with Crippen molar-refractivity contribution in [1.82, 2.24) is 0 Å². The van der Waals surface area contributed by atoms with E-state index in [0.29, 0.717) is 19.3 Å². The van der Waals surface area contributed by atoms with Crippen molar-refractivity contribution in [2.45, 2.75) is 285 Å². The molecule has 0 fully saturated rings. The highest BCUT2D eigenvalue weighted by Crippen LogP contribution is 2.17. The molecule has 0 N–H and O–H groups in total. The van der Waals surface area contributed by atoms with E-state index in [9.17, 15) is 14.4 Å². The quantitative estimate of drug-likeness (QED) is 0.0346. The van der Waals surface area contributed by atoms with Crippen molar-refractivity contribution < 1.29 is 28.6 Å². The first-order valence-corrected chi connectivity index (χ1v) is 25.3. The summed E-state index contributed by atoms with van der Waals surface area (Å²) < 4.78 is 16.8. The fraction of sp³-hybridized carbons (Fsp3) is 0.941. The second-order valence-corrected chi connectivity index (χ2v) is 18.2. The summed E-state index contributed by atoms with van der Waals surface area (Å²) in [6, 6.07) is 0. The second-order valence-electron chi connectivity index (χ2n) is 18.2. The second kappa shape index (κ2) is 44.0. The van der Waals surface area contributed by atoms with E-state index in [1.807, 2.05) is 0 Å². The summed E-state index contributed by atoms with van der Waals surface area (Å²) in [6.45, 7) is 11.3. The van der Waals surface area contributed by atoms with Gasteiger partial charge >= 0.3 is 17.9 Å². The maximum Gasteiger partial charge on any atom is 0.306 e. The first kappa shape index (κ1) is 55.4. The van der Waals surface area contributed by atoms with E-state index in [-0.39, 0.29) is 31.1 Å². The summed E-state index contributed by atoms with van der Waals surface area (Å²) in [5, 5.41) is 0. The van der Waals surface area contributed by atoms with Gasteiger partial charge in [-0.2, -0.15) is 0 Å². The minimum atomic E-state index is -0.762. The van der Waals surface area contributed by atoms with Gasteiger partial charge in [-0.25, -0.2) is 0 Å². The van der Waals surface area contributed by atoms with Crippen LogP contribution in [0, 0.1) is 11.8 Å². The zero-order valence-electron chi connectivity index (χ0n) is 39.0. The summed E-state index contributed by atoms with van der Waals surface area (Å²) in [6.07, 6.45) is 43.8. The summed E-state index contributed by atoms with van der Waals surface area (Å²) in [5.41, 5.74) is 0. The highest BCUT2D eigenvalue weighted by atomic mass is 16.6. The van der Waals surface area contributed by atoms with Crippen LogP contribution in [0.2, 0.25) is 0 Å². The Balaban J connectivity index is 4.27. The molecule has 6 nitrogen and oxygen atoms in total. The van der Waals surface area contributed by atoms with E-state index < -0.39 is 6.10 Å². The minimum absolute atomic E-state index is 0.0649. The Morgan fingerprint density at radius 2 is 0.667 bits per heavy atom.